The second-order valence-corrected chi connectivity index (χ2v) is 7.30. The summed E-state index contributed by atoms with van der Waals surface area (Å²) in [7, 11) is -2.40. The fourth-order valence-electron chi connectivity index (χ4n) is 2.61. The van der Waals surface area contributed by atoms with Gasteiger partial charge in [0.2, 0.25) is 0 Å². The van der Waals surface area contributed by atoms with Gasteiger partial charge in [0.25, 0.3) is 0 Å². The Hall–Kier alpha value is 0.0569. The van der Waals surface area contributed by atoms with Crippen molar-refractivity contribution in [2.75, 3.05) is 19.6 Å². The first kappa shape index (κ1) is 11.5. The van der Waals surface area contributed by atoms with Crippen molar-refractivity contribution in [3.05, 3.63) is 0 Å². The van der Waals surface area contributed by atoms with Gasteiger partial charge in [-0.1, -0.05) is 0 Å². The van der Waals surface area contributed by atoms with E-state index < -0.39 is 8.80 Å². The van der Waals surface area contributed by atoms with E-state index in [-0.39, 0.29) is 18.3 Å². The molecule has 3 aliphatic rings. The number of hydrogen-bond acceptors (Lipinski definition) is 4. The van der Waals surface area contributed by atoms with Crippen LogP contribution >= 0.6 is 0 Å². The molecule has 4 nitrogen and oxygen atoms in total. The van der Waals surface area contributed by atoms with Gasteiger partial charge in [0.05, 0.1) is 18.3 Å². The van der Waals surface area contributed by atoms with Gasteiger partial charge in [-0.2, -0.15) is 0 Å². The lowest BCUT2D eigenvalue weighted by atomic mass is 10.2. The highest BCUT2D eigenvalue weighted by molar-refractivity contribution is 6.59. The summed E-state index contributed by atoms with van der Waals surface area (Å²) in [6.07, 6.45) is 0.630. The Bertz CT molecular complexity index is 203. The summed E-state index contributed by atoms with van der Waals surface area (Å²) >= 11 is 0. The highest BCUT2D eigenvalue weighted by atomic mass is 28.4. The van der Waals surface area contributed by atoms with Crippen LogP contribution in [0.2, 0.25) is 6.55 Å². The lowest BCUT2D eigenvalue weighted by molar-refractivity contribution is -0.0752. The van der Waals surface area contributed by atoms with Crippen molar-refractivity contribution < 1.29 is 13.3 Å². The van der Waals surface area contributed by atoms with Gasteiger partial charge >= 0.3 is 8.80 Å². The first-order valence-corrected chi connectivity index (χ1v) is 7.95. The van der Waals surface area contributed by atoms with Crippen LogP contribution < -0.4 is 0 Å². The lowest BCUT2D eigenvalue weighted by Gasteiger charge is -2.44. The zero-order chi connectivity index (χ0) is 11.1. The monoisotopic (exact) mass is 231 g/mol. The van der Waals surface area contributed by atoms with Crippen LogP contribution in [0.1, 0.15) is 20.8 Å². The number of fused-ring (bicyclic) bond motifs is 6. The molecule has 3 fully saturated rings. The van der Waals surface area contributed by atoms with Crippen molar-refractivity contribution >= 4 is 8.80 Å². The molecule has 0 aromatic rings. The second-order valence-electron chi connectivity index (χ2n) is 4.87. The summed E-state index contributed by atoms with van der Waals surface area (Å²) in [6, 6.07) is 0. The molecule has 0 aromatic carbocycles. The van der Waals surface area contributed by atoms with Crippen molar-refractivity contribution in [1.82, 2.24) is 4.90 Å². The molecule has 3 saturated heterocycles. The molecular weight excluding hydrogens is 210 g/mol. The van der Waals surface area contributed by atoms with E-state index in [0.717, 1.165) is 19.6 Å². The summed E-state index contributed by atoms with van der Waals surface area (Å²) in [6.45, 7) is 11.3. The van der Waals surface area contributed by atoms with E-state index in [1.807, 2.05) is 6.55 Å². The van der Waals surface area contributed by atoms with Gasteiger partial charge in [-0.3, -0.25) is 4.90 Å². The third-order valence-corrected chi connectivity index (χ3v) is 5.28. The normalized spacial score (nSPS) is 52.0. The minimum absolute atomic E-state index is 0.210. The van der Waals surface area contributed by atoms with Crippen LogP contribution in [-0.4, -0.2) is 51.7 Å². The first-order valence-electron chi connectivity index (χ1n) is 5.72. The molecule has 0 spiro atoms. The van der Waals surface area contributed by atoms with E-state index in [1.165, 1.54) is 0 Å². The van der Waals surface area contributed by atoms with E-state index in [4.69, 9.17) is 13.3 Å². The third kappa shape index (κ3) is 2.79. The minimum atomic E-state index is -2.40. The Kier molecular flexibility index (Phi) is 3.19. The van der Waals surface area contributed by atoms with Gasteiger partial charge in [-0.25, -0.2) is 0 Å². The molecule has 3 unspecified atom stereocenters. The Balaban J connectivity index is 2.20. The fourth-order valence-corrected chi connectivity index (χ4v) is 5.19. The molecule has 2 bridgehead atoms. The Labute approximate surface area is 92.9 Å². The maximum absolute atomic E-state index is 5.94. The van der Waals surface area contributed by atoms with Crippen molar-refractivity contribution in [3.63, 3.8) is 0 Å². The van der Waals surface area contributed by atoms with Gasteiger partial charge in [-0.15, -0.1) is 0 Å². The maximum Gasteiger partial charge on any atom is 0.498 e. The van der Waals surface area contributed by atoms with Crippen LogP contribution in [0.4, 0.5) is 0 Å². The standard InChI is InChI=1S/C10H21NO3Si/c1-8-5-11-6-9(2)13-15(4,12-8)14-10(3)7-11/h8-10H,5-7H2,1-4H3. The molecule has 3 atom stereocenters. The second kappa shape index (κ2) is 4.14. The topological polar surface area (TPSA) is 30.9 Å². The summed E-state index contributed by atoms with van der Waals surface area (Å²) < 4.78 is 17.8. The summed E-state index contributed by atoms with van der Waals surface area (Å²) in [5.74, 6) is 0. The van der Waals surface area contributed by atoms with Gasteiger partial charge in [0.1, 0.15) is 0 Å². The van der Waals surface area contributed by atoms with Crippen molar-refractivity contribution in [2.45, 2.75) is 45.6 Å². The molecule has 0 aliphatic carbocycles. The van der Waals surface area contributed by atoms with Crippen molar-refractivity contribution in [1.29, 1.82) is 0 Å². The Morgan fingerprint density at radius 3 is 1.53 bits per heavy atom. The SMILES string of the molecule is CC1CN2CC(C)O[Si](C)(O1)OC(C)C2. The quantitative estimate of drug-likeness (QED) is 0.584. The zero-order valence-electron chi connectivity index (χ0n) is 10.0. The van der Waals surface area contributed by atoms with Crippen LogP contribution in [0.15, 0.2) is 0 Å². The Morgan fingerprint density at radius 1 is 0.867 bits per heavy atom. The smallest absolute Gasteiger partial charge is 0.369 e. The van der Waals surface area contributed by atoms with Gasteiger partial charge < -0.3 is 13.3 Å². The van der Waals surface area contributed by atoms with Crippen molar-refractivity contribution in [2.24, 2.45) is 0 Å². The molecule has 0 N–H and O–H groups in total. The first-order chi connectivity index (χ1) is 6.97. The molecule has 88 valence electrons. The van der Waals surface area contributed by atoms with Crippen molar-refractivity contribution in [3.8, 4) is 0 Å². The van der Waals surface area contributed by atoms with Gasteiger partial charge in [-0.05, 0) is 20.8 Å². The zero-order valence-corrected chi connectivity index (χ0v) is 11.0. The summed E-state index contributed by atoms with van der Waals surface area (Å²) in [5.41, 5.74) is 0. The summed E-state index contributed by atoms with van der Waals surface area (Å²) in [5, 5.41) is 0. The number of rotatable bonds is 0. The predicted molar refractivity (Wildman–Crippen MR) is 59.7 cm³/mol. The highest BCUT2D eigenvalue weighted by Crippen LogP contribution is 2.24. The fraction of sp³-hybridized carbons (Fsp3) is 1.00. The van der Waals surface area contributed by atoms with E-state index >= 15 is 0 Å². The molecule has 5 heteroatoms. The molecule has 0 saturated carbocycles. The average molecular weight is 231 g/mol. The van der Waals surface area contributed by atoms with Crippen LogP contribution in [0, 0.1) is 0 Å². The molecule has 0 radical (unpaired) electrons. The lowest BCUT2D eigenvalue weighted by Crippen LogP contribution is -2.59. The molecule has 3 aliphatic heterocycles. The molecular formula is C10H21NO3Si. The molecule has 3 heterocycles. The largest absolute Gasteiger partial charge is 0.498 e. The molecule has 0 amide bonds. The van der Waals surface area contributed by atoms with Gasteiger partial charge in [0.15, 0.2) is 0 Å². The predicted octanol–water partition coefficient (Wildman–Crippen LogP) is 1.10. The molecule has 3 rings (SSSR count). The average Bonchev–Trinajstić information content (AvgIpc) is 1.95. The van der Waals surface area contributed by atoms with Gasteiger partial charge in [0, 0.05) is 26.2 Å². The maximum atomic E-state index is 5.94. The number of nitrogens with zero attached hydrogens (tertiary/aromatic N) is 1. The number of hydrogen-bond donors (Lipinski definition) is 0. The van der Waals surface area contributed by atoms with Crippen LogP contribution in [0.25, 0.3) is 0 Å². The van der Waals surface area contributed by atoms with E-state index in [2.05, 4.69) is 25.7 Å². The van der Waals surface area contributed by atoms with Crippen LogP contribution in [-0.2, 0) is 13.3 Å². The van der Waals surface area contributed by atoms with E-state index in [0.29, 0.717) is 0 Å². The Morgan fingerprint density at radius 2 is 1.20 bits per heavy atom. The van der Waals surface area contributed by atoms with Crippen LogP contribution in [0.5, 0.6) is 0 Å². The van der Waals surface area contributed by atoms with Crippen LogP contribution in [0.3, 0.4) is 0 Å². The van der Waals surface area contributed by atoms with E-state index in [9.17, 15) is 0 Å². The minimum Gasteiger partial charge on any atom is -0.369 e. The molecule has 15 heavy (non-hydrogen) atoms. The van der Waals surface area contributed by atoms with E-state index in [1.54, 1.807) is 0 Å². The molecule has 0 aromatic heterocycles. The third-order valence-electron chi connectivity index (χ3n) is 2.79. The highest BCUT2D eigenvalue weighted by Gasteiger charge is 2.44. The summed E-state index contributed by atoms with van der Waals surface area (Å²) in [4.78, 5) is 2.37.